The smallest absolute Gasteiger partial charge is 0.405 e. The van der Waals surface area contributed by atoms with Crippen LogP contribution in [0.2, 0.25) is 0 Å². The lowest BCUT2D eigenvalue weighted by molar-refractivity contribution is -0.132. The molecule has 1 aliphatic heterocycles. The lowest BCUT2D eigenvalue weighted by Gasteiger charge is -2.23. The van der Waals surface area contributed by atoms with Crippen LogP contribution in [0.5, 0.6) is 0 Å². The first kappa shape index (κ1) is 28.0. The molecule has 0 saturated carbocycles. The van der Waals surface area contributed by atoms with Crippen LogP contribution in [0.4, 0.5) is 19.0 Å². The zero-order valence-electron chi connectivity index (χ0n) is 20.7. The summed E-state index contributed by atoms with van der Waals surface area (Å²) in [7, 11) is 1.59. The average molecular weight is 540 g/mol. The second-order valence-corrected chi connectivity index (χ2v) is 9.79. The molecule has 0 aliphatic carbocycles. The number of anilines is 1. The number of hydrogen-bond donors (Lipinski definition) is 4. The first-order valence-corrected chi connectivity index (χ1v) is 12.6. The summed E-state index contributed by atoms with van der Waals surface area (Å²) in [6.07, 6.45) is 1.31. The van der Waals surface area contributed by atoms with Crippen molar-refractivity contribution in [2.24, 2.45) is 11.3 Å². The van der Waals surface area contributed by atoms with Crippen LogP contribution in [-0.2, 0) is 4.79 Å². The fourth-order valence-electron chi connectivity index (χ4n) is 3.71. The number of amides is 2. The Morgan fingerprint density at radius 1 is 1.41 bits per heavy atom. The van der Waals surface area contributed by atoms with Gasteiger partial charge in [-0.2, -0.15) is 24.9 Å². The number of alkyl halides is 3. The second-order valence-electron chi connectivity index (χ2n) is 8.88. The van der Waals surface area contributed by atoms with Gasteiger partial charge in [0.05, 0.1) is 5.70 Å². The van der Waals surface area contributed by atoms with Crippen molar-refractivity contribution in [1.82, 2.24) is 25.5 Å². The minimum Gasteiger partial charge on any atom is -0.444 e. The second kappa shape index (κ2) is 11.2. The maximum absolute atomic E-state index is 13.0. The highest BCUT2D eigenvalue weighted by Gasteiger charge is 2.48. The van der Waals surface area contributed by atoms with Crippen LogP contribution in [0.15, 0.2) is 40.9 Å². The number of likely N-dealkylation sites (tertiary alicyclic amines) is 1. The fraction of sp³-hybridized carbons (Fsp3) is 0.435. The lowest BCUT2D eigenvalue weighted by atomic mass is 9.83. The zero-order valence-corrected chi connectivity index (χ0v) is 21.5. The number of aromatic nitrogens is 2. The van der Waals surface area contributed by atoms with Crippen molar-refractivity contribution in [2.45, 2.75) is 20.0 Å². The van der Waals surface area contributed by atoms with E-state index in [1.165, 1.54) is 29.4 Å². The first-order chi connectivity index (χ1) is 17.4. The molecule has 200 valence electrons. The van der Waals surface area contributed by atoms with Crippen molar-refractivity contribution in [3.8, 4) is 11.5 Å². The largest absolute Gasteiger partial charge is 0.444 e. The Morgan fingerprint density at radius 2 is 2.14 bits per heavy atom. The summed E-state index contributed by atoms with van der Waals surface area (Å²) < 4.78 is 42.8. The van der Waals surface area contributed by atoms with E-state index >= 15 is 0 Å². The molecule has 10 nitrogen and oxygen atoms in total. The average Bonchev–Trinajstić information content (AvgIpc) is 3.42. The molecular weight excluding hydrogens is 511 g/mol. The van der Waals surface area contributed by atoms with Crippen LogP contribution in [0.3, 0.4) is 0 Å². The van der Waals surface area contributed by atoms with Gasteiger partial charge in [-0.15, -0.1) is 0 Å². The molecule has 3 rings (SSSR count). The predicted octanol–water partition coefficient (Wildman–Crippen LogP) is 3.33. The third-order valence-corrected chi connectivity index (χ3v) is 6.60. The number of pyridine rings is 1. The van der Waals surface area contributed by atoms with E-state index in [0.29, 0.717) is 12.1 Å². The molecule has 0 radical (unpaired) electrons. The van der Waals surface area contributed by atoms with Crippen LogP contribution in [0.25, 0.3) is 11.5 Å². The van der Waals surface area contributed by atoms with E-state index in [9.17, 15) is 22.8 Å². The van der Waals surface area contributed by atoms with Crippen LogP contribution >= 0.6 is 11.8 Å². The Bertz CT molecular complexity index is 1200. The summed E-state index contributed by atoms with van der Waals surface area (Å²) >= 11 is 1.63. The van der Waals surface area contributed by atoms with E-state index in [1.54, 1.807) is 18.8 Å². The van der Waals surface area contributed by atoms with Crippen molar-refractivity contribution in [3.63, 3.8) is 0 Å². The molecule has 2 aromatic heterocycles. The molecule has 2 amide bonds. The van der Waals surface area contributed by atoms with Gasteiger partial charge in [0.1, 0.15) is 18.6 Å². The van der Waals surface area contributed by atoms with Gasteiger partial charge in [-0.25, -0.2) is 9.97 Å². The molecule has 3 heterocycles. The maximum atomic E-state index is 13.0. The van der Waals surface area contributed by atoms with Gasteiger partial charge in [-0.05, 0) is 30.1 Å². The molecule has 2 aromatic rings. The highest BCUT2D eigenvalue weighted by Crippen LogP contribution is 2.38. The summed E-state index contributed by atoms with van der Waals surface area (Å²) in [5.74, 6) is -0.317. The van der Waals surface area contributed by atoms with E-state index in [4.69, 9.17) is 9.83 Å². The minimum absolute atomic E-state index is 0.00629. The number of thioether (sulfide) groups is 1. The van der Waals surface area contributed by atoms with Gasteiger partial charge in [-0.1, -0.05) is 13.8 Å². The van der Waals surface area contributed by atoms with E-state index in [2.05, 4.69) is 25.9 Å². The van der Waals surface area contributed by atoms with Gasteiger partial charge in [-0.3, -0.25) is 19.9 Å². The Balaban J connectivity index is 1.74. The molecule has 0 spiro atoms. The molecule has 14 heteroatoms. The first-order valence-electron chi connectivity index (χ1n) is 11.2. The molecule has 4 N–H and O–H groups in total. The van der Waals surface area contributed by atoms with Crippen molar-refractivity contribution in [1.29, 1.82) is 5.41 Å². The molecule has 1 unspecified atom stereocenters. The third-order valence-electron chi connectivity index (χ3n) is 5.86. The highest BCUT2D eigenvalue weighted by atomic mass is 32.2. The number of oxazole rings is 1. The number of halogens is 3. The van der Waals surface area contributed by atoms with Gasteiger partial charge < -0.3 is 20.4 Å². The number of hydrogen-bond acceptors (Lipinski definition) is 9. The summed E-state index contributed by atoms with van der Waals surface area (Å²) in [6, 6.07) is 2.78. The van der Waals surface area contributed by atoms with Gasteiger partial charge in [0.25, 0.3) is 5.91 Å². The standard InChI is InChI=1S/C23H28F3N7O3S/c1-22(2)14(11-37-4)9-33(21(22)35)18(27)15(8-28-3)31-19(34)16-10-36-20(32-16)13-5-6-29-17(7-13)30-12-23(24,25)26/h5-8,10,14,27-28H,9,11-12H2,1-4H3,(H,29,30)(H,31,34)/b15-8+,27-18?. The summed E-state index contributed by atoms with van der Waals surface area (Å²) in [5.41, 5.74) is -0.404. The number of nitrogens with one attached hydrogen (secondary N) is 4. The summed E-state index contributed by atoms with van der Waals surface area (Å²) in [5, 5.41) is 16.1. The number of rotatable bonds is 9. The van der Waals surface area contributed by atoms with E-state index in [-0.39, 0.29) is 40.8 Å². The molecule has 37 heavy (non-hydrogen) atoms. The van der Waals surface area contributed by atoms with Crippen LogP contribution in [-0.4, -0.2) is 70.8 Å². The van der Waals surface area contributed by atoms with Crippen molar-refractivity contribution in [2.75, 3.05) is 37.5 Å². The Morgan fingerprint density at radius 3 is 2.78 bits per heavy atom. The third kappa shape index (κ3) is 6.61. The van der Waals surface area contributed by atoms with Crippen LogP contribution in [0, 0.1) is 16.7 Å². The van der Waals surface area contributed by atoms with Crippen LogP contribution < -0.4 is 16.0 Å². The van der Waals surface area contributed by atoms with E-state index in [0.717, 1.165) is 12.0 Å². The summed E-state index contributed by atoms with van der Waals surface area (Å²) in [4.78, 5) is 35.2. The molecule has 0 bridgehead atoms. The number of carbonyl (C=O) groups is 2. The molecule has 1 fully saturated rings. The number of nitrogens with zero attached hydrogens (tertiary/aromatic N) is 3. The fourth-order valence-corrected chi connectivity index (χ4v) is 4.63. The summed E-state index contributed by atoms with van der Waals surface area (Å²) in [6.45, 7) is 2.79. The Labute approximate surface area is 216 Å². The van der Waals surface area contributed by atoms with Crippen molar-refractivity contribution in [3.05, 3.63) is 42.2 Å². The van der Waals surface area contributed by atoms with Gasteiger partial charge in [0, 0.05) is 37.0 Å². The number of carbonyl (C=O) groups excluding carboxylic acids is 2. The Kier molecular flexibility index (Phi) is 8.51. The lowest BCUT2D eigenvalue weighted by Crippen LogP contribution is -2.41. The topological polar surface area (TPSA) is 136 Å². The highest BCUT2D eigenvalue weighted by molar-refractivity contribution is 7.98. The molecular formula is C23H28F3N7O3S. The quantitative estimate of drug-likeness (QED) is 0.282. The van der Waals surface area contributed by atoms with Crippen molar-refractivity contribution < 1.29 is 27.2 Å². The predicted molar refractivity (Wildman–Crippen MR) is 134 cm³/mol. The number of amidine groups is 1. The van der Waals surface area contributed by atoms with E-state index in [1.807, 2.05) is 20.1 Å². The molecule has 1 saturated heterocycles. The SMILES string of the molecule is CN/C=C(/NC(=O)c1coc(-c2ccnc(NCC(F)(F)F)c2)n1)C(=N)N1CC(CSC)C(C)(C)C1=O. The molecule has 1 aliphatic rings. The maximum Gasteiger partial charge on any atom is 0.405 e. The van der Waals surface area contributed by atoms with Gasteiger partial charge in [0.15, 0.2) is 11.5 Å². The molecule has 1 atom stereocenters. The molecule has 0 aromatic carbocycles. The Hall–Kier alpha value is -3.55. The van der Waals surface area contributed by atoms with E-state index < -0.39 is 24.0 Å². The normalized spacial score (nSPS) is 17.6. The van der Waals surface area contributed by atoms with Crippen molar-refractivity contribution >= 4 is 35.2 Å². The zero-order chi connectivity index (χ0) is 27.4. The van der Waals surface area contributed by atoms with Gasteiger partial charge >= 0.3 is 6.18 Å². The monoisotopic (exact) mass is 539 g/mol. The van der Waals surface area contributed by atoms with Crippen LogP contribution in [0.1, 0.15) is 24.3 Å². The minimum atomic E-state index is -4.41. The van der Waals surface area contributed by atoms with Gasteiger partial charge in [0.2, 0.25) is 11.8 Å².